The fourth-order valence-corrected chi connectivity index (χ4v) is 6.01. The summed E-state index contributed by atoms with van der Waals surface area (Å²) in [6.07, 6.45) is 2.68. The zero-order valence-electron chi connectivity index (χ0n) is 20.1. The first kappa shape index (κ1) is 24.9. The van der Waals surface area contributed by atoms with Crippen molar-refractivity contribution >= 4 is 46.3 Å². The maximum absolute atomic E-state index is 14.4. The summed E-state index contributed by atoms with van der Waals surface area (Å²) >= 11 is 12.7. The molecular formula is C29H23Cl2FN2O4. The quantitative estimate of drug-likeness (QED) is 0.426. The maximum atomic E-state index is 14.4. The van der Waals surface area contributed by atoms with E-state index in [1.165, 1.54) is 18.2 Å². The van der Waals surface area contributed by atoms with Crippen LogP contribution in [-0.2, 0) is 19.7 Å². The Labute approximate surface area is 228 Å². The molecule has 0 aliphatic carbocycles. The molecule has 1 spiro atoms. The zero-order chi connectivity index (χ0) is 26.4. The van der Waals surface area contributed by atoms with Crippen LogP contribution in [0, 0.1) is 5.82 Å². The standard InChI is InChI=1S/C29H23Cl2FN2O4/c30-17-5-7-25(38-20-8-10-37-11-9-20)21(13-17)27-29(22-6-4-18(31)14-24(22)33-28(29)36)23(15-26(35)34-27)16-2-1-3-19(32)12-16/h1-7,12-15,20,27H,8-11H2,(H,33,36)(H,34,35)/t27-,29+/m1/s1. The Morgan fingerprint density at radius 1 is 0.974 bits per heavy atom. The first-order valence-electron chi connectivity index (χ1n) is 12.3. The predicted molar refractivity (Wildman–Crippen MR) is 143 cm³/mol. The summed E-state index contributed by atoms with van der Waals surface area (Å²) in [4.78, 5) is 27.3. The van der Waals surface area contributed by atoms with Crippen molar-refractivity contribution in [3.05, 3.63) is 99.3 Å². The van der Waals surface area contributed by atoms with Crippen LogP contribution in [0.1, 0.15) is 35.6 Å². The monoisotopic (exact) mass is 552 g/mol. The van der Waals surface area contributed by atoms with Crippen molar-refractivity contribution in [2.45, 2.75) is 30.4 Å². The minimum absolute atomic E-state index is 0.0966. The van der Waals surface area contributed by atoms with Crippen molar-refractivity contribution in [2.75, 3.05) is 18.5 Å². The lowest BCUT2D eigenvalue weighted by molar-refractivity contribution is -0.122. The van der Waals surface area contributed by atoms with Gasteiger partial charge in [0.05, 0.1) is 19.3 Å². The molecule has 6 nitrogen and oxygen atoms in total. The highest BCUT2D eigenvalue weighted by Gasteiger charge is 2.58. The molecule has 0 radical (unpaired) electrons. The van der Waals surface area contributed by atoms with E-state index in [4.69, 9.17) is 32.7 Å². The van der Waals surface area contributed by atoms with Gasteiger partial charge in [0.25, 0.3) is 0 Å². The first-order chi connectivity index (χ1) is 18.4. The van der Waals surface area contributed by atoms with Gasteiger partial charge in [0.15, 0.2) is 0 Å². The van der Waals surface area contributed by atoms with Crippen molar-refractivity contribution in [1.29, 1.82) is 0 Å². The van der Waals surface area contributed by atoms with E-state index in [1.807, 2.05) is 0 Å². The number of amides is 2. The Morgan fingerprint density at radius 2 is 1.74 bits per heavy atom. The largest absolute Gasteiger partial charge is 0.490 e. The molecule has 9 heteroatoms. The third-order valence-electron chi connectivity index (χ3n) is 7.31. The highest BCUT2D eigenvalue weighted by atomic mass is 35.5. The van der Waals surface area contributed by atoms with E-state index >= 15 is 0 Å². The molecule has 6 rings (SSSR count). The number of fused-ring (bicyclic) bond motifs is 2. The van der Waals surface area contributed by atoms with Crippen LogP contribution in [0.25, 0.3) is 5.57 Å². The molecule has 3 aliphatic rings. The summed E-state index contributed by atoms with van der Waals surface area (Å²) in [5.74, 6) is -0.789. The normalized spacial score (nSPS) is 23.0. The van der Waals surface area contributed by atoms with Crippen LogP contribution < -0.4 is 15.4 Å². The number of nitrogens with one attached hydrogen (secondary N) is 2. The van der Waals surface area contributed by atoms with Crippen molar-refractivity contribution in [2.24, 2.45) is 0 Å². The summed E-state index contributed by atoms with van der Waals surface area (Å²) in [7, 11) is 0. The molecule has 2 atom stereocenters. The van der Waals surface area contributed by atoms with Crippen LogP contribution in [-0.4, -0.2) is 31.1 Å². The van der Waals surface area contributed by atoms with Crippen molar-refractivity contribution in [3.8, 4) is 5.75 Å². The molecule has 3 aromatic carbocycles. The average Bonchev–Trinajstić information content (AvgIpc) is 3.18. The maximum Gasteiger partial charge on any atom is 0.244 e. The highest BCUT2D eigenvalue weighted by molar-refractivity contribution is 6.31. The molecule has 0 bridgehead atoms. The van der Waals surface area contributed by atoms with Gasteiger partial charge in [-0.05, 0) is 59.2 Å². The zero-order valence-corrected chi connectivity index (χ0v) is 21.6. The Hall–Kier alpha value is -3.39. The van der Waals surface area contributed by atoms with E-state index in [9.17, 15) is 14.0 Å². The lowest BCUT2D eigenvalue weighted by Gasteiger charge is -2.42. The number of carbonyl (C=O) groups excluding carboxylic acids is 2. The molecule has 2 amide bonds. The third kappa shape index (κ3) is 4.15. The van der Waals surface area contributed by atoms with Crippen LogP contribution in [0.4, 0.5) is 10.1 Å². The van der Waals surface area contributed by atoms with Gasteiger partial charge >= 0.3 is 0 Å². The molecule has 1 saturated heterocycles. The van der Waals surface area contributed by atoms with Crippen molar-refractivity contribution < 1.29 is 23.5 Å². The summed E-state index contributed by atoms with van der Waals surface area (Å²) in [5, 5.41) is 6.81. The highest BCUT2D eigenvalue weighted by Crippen LogP contribution is 2.57. The topological polar surface area (TPSA) is 76.7 Å². The molecule has 2 N–H and O–H groups in total. The summed E-state index contributed by atoms with van der Waals surface area (Å²) in [5.41, 5.74) is 0.972. The number of carbonyl (C=O) groups is 2. The van der Waals surface area contributed by atoms with Gasteiger partial charge in [0.2, 0.25) is 11.8 Å². The van der Waals surface area contributed by atoms with E-state index in [2.05, 4.69) is 10.6 Å². The molecule has 3 aliphatic heterocycles. The molecular weight excluding hydrogens is 530 g/mol. The predicted octanol–water partition coefficient (Wildman–Crippen LogP) is 5.83. The Bertz CT molecular complexity index is 1490. The molecule has 0 unspecified atom stereocenters. The minimum Gasteiger partial charge on any atom is -0.490 e. The van der Waals surface area contributed by atoms with E-state index in [0.29, 0.717) is 69.8 Å². The number of anilines is 1. The van der Waals surface area contributed by atoms with Crippen LogP contribution in [0.3, 0.4) is 0 Å². The Balaban J connectivity index is 1.59. The smallest absolute Gasteiger partial charge is 0.244 e. The summed E-state index contributed by atoms with van der Waals surface area (Å²) in [6, 6.07) is 15.2. The van der Waals surface area contributed by atoms with Gasteiger partial charge in [0, 0.05) is 40.2 Å². The second kappa shape index (κ2) is 9.73. The molecule has 3 heterocycles. The molecule has 1 fully saturated rings. The van der Waals surface area contributed by atoms with Gasteiger partial charge < -0.3 is 20.1 Å². The first-order valence-corrected chi connectivity index (χ1v) is 13.1. The van der Waals surface area contributed by atoms with Gasteiger partial charge in [-0.15, -0.1) is 0 Å². The fraction of sp³-hybridized carbons (Fsp3) is 0.241. The summed E-state index contributed by atoms with van der Waals surface area (Å²) < 4.78 is 26.3. The number of rotatable bonds is 4. The number of benzene rings is 3. The average molecular weight is 553 g/mol. The number of ether oxygens (including phenoxy) is 2. The van der Waals surface area contributed by atoms with E-state index in [1.54, 1.807) is 48.5 Å². The minimum atomic E-state index is -1.46. The van der Waals surface area contributed by atoms with E-state index in [0.717, 1.165) is 0 Å². The van der Waals surface area contributed by atoms with Gasteiger partial charge in [0.1, 0.15) is 23.1 Å². The number of halogens is 3. The van der Waals surface area contributed by atoms with E-state index < -0.39 is 23.2 Å². The molecule has 0 aromatic heterocycles. The summed E-state index contributed by atoms with van der Waals surface area (Å²) in [6.45, 7) is 1.17. The van der Waals surface area contributed by atoms with Crippen molar-refractivity contribution in [3.63, 3.8) is 0 Å². The van der Waals surface area contributed by atoms with Crippen LogP contribution >= 0.6 is 23.2 Å². The number of hydrogen-bond acceptors (Lipinski definition) is 4. The number of hydrogen-bond donors (Lipinski definition) is 2. The van der Waals surface area contributed by atoms with Crippen molar-refractivity contribution in [1.82, 2.24) is 5.32 Å². The van der Waals surface area contributed by atoms with Crippen LogP contribution in [0.2, 0.25) is 10.0 Å². The molecule has 194 valence electrons. The Morgan fingerprint density at radius 3 is 2.53 bits per heavy atom. The van der Waals surface area contributed by atoms with Crippen LogP contribution in [0.5, 0.6) is 5.75 Å². The second-order valence-corrected chi connectivity index (χ2v) is 10.4. The van der Waals surface area contributed by atoms with Gasteiger partial charge in [-0.3, -0.25) is 9.59 Å². The lowest BCUT2D eigenvalue weighted by atomic mass is 9.64. The van der Waals surface area contributed by atoms with Gasteiger partial charge in [-0.1, -0.05) is 41.4 Å². The van der Waals surface area contributed by atoms with Gasteiger partial charge in [-0.2, -0.15) is 0 Å². The second-order valence-electron chi connectivity index (χ2n) is 9.57. The molecule has 0 saturated carbocycles. The van der Waals surface area contributed by atoms with E-state index in [-0.39, 0.29) is 12.0 Å². The van der Waals surface area contributed by atoms with Gasteiger partial charge in [-0.25, -0.2) is 4.39 Å². The van der Waals surface area contributed by atoms with Crippen LogP contribution in [0.15, 0.2) is 66.7 Å². The molecule has 38 heavy (non-hydrogen) atoms. The SMILES string of the molecule is O=C1C=C(c2cccc(F)c2)[C@]2(C(=O)Nc3cc(Cl)ccc32)[C@@H](c2cc(Cl)ccc2OC2CCOCC2)N1. The third-order valence-corrected chi connectivity index (χ3v) is 7.78. The molecule has 3 aromatic rings. The lowest BCUT2D eigenvalue weighted by Crippen LogP contribution is -2.52. The fourth-order valence-electron chi connectivity index (χ4n) is 5.66. The Kier molecular flexibility index (Phi) is 6.38.